The fourth-order valence-corrected chi connectivity index (χ4v) is 9.35. The Bertz CT molecular complexity index is 1840. The summed E-state index contributed by atoms with van der Waals surface area (Å²) in [6, 6.07) is 24.5. The lowest BCUT2D eigenvalue weighted by atomic mass is 9.88. The summed E-state index contributed by atoms with van der Waals surface area (Å²) in [7, 11) is -2.23. The Hall–Kier alpha value is -3.69. The summed E-state index contributed by atoms with van der Waals surface area (Å²) in [5, 5.41) is -0.322. The van der Waals surface area contributed by atoms with Crippen LogP contribution in [0, 0.1) is 5.92 Å². The zero-order valence-corrected chi connectivity index (χ0v) is 38.4. The second-order valence-electron chi connectivity index (χ2n) is 17.2. The van der Waals surface area contributed by atoms with Crippen LogP contribution in [0.25, 0.3) is 0 Å². The molecule has 320 valence electrons. The molecule has 1 fully saturated rings. The van der Waals surface area contributed by atoms with E-state index in [9.17, 15) is 18.9 Å². The smallest absolute Gasteiger partial charge is 0.338 e. The highest BCUT2D eigenvalue weighted by atomic mass is 32.2. The van der Waals surface area contributed by atoms with Gasteiger partial charge in [-0.25, -0.2) is 14.4 Å². The molecule has 3 aromatic carbocycles. The standard InChI is InChI=1S/C46H61NO9S2Si/c1-12-23-35(30-52-59(10,11)46(7,8)9)57-44-40(55-43(50)34-28-21-16-22-29-34)39(54-42(49)33-26-19-15-20-27-33)38(53-41(48)32-24-17-14-18-25-32)37(56-44)36(31(3)13-2)47-58(51)45(4,5)6/h12-22,24-29,31,35-40,44,47H,1-2,23,30H2,3-11H3/t31?,35?,36?,37-,38+,39+,40-,44-,58?/m1/s1. The molecule has 13 heteroatoms. The molecule has 9 atom stereocenters. The third kappa shape index (κ3) is 13.1. The largest absolute Gasteiger partial charge is 0.598 e. The second-order valence-corrected chi connectivity index (χ2v) is 25.4. The van der Waals surface area contributed by atoms with E-state index in [2.05, 4.69) is 51.7 Å². The second kappa shape index (κ2) is 21.2. The lowest BCUT2D eigenvalue weighted by Gasteiger charge is -2.48. The van der Waals surface area contributed by atoms with Crippen LogP contribution in [-0.4, -0.2) is 83.3 Å². The lowest BCUT2D eigenvalue weighted by Crippen LogP contribution is -2.67. The number of hydrogen-bond acceptors (Lipinski definition) is 11. The first-order valence-electron chi connectivity index (χ1n) is 19.9. The number of hydrogen-bond donors (Lipinski definition) is 1. The van der Waals surface area contributed by atoms with Gasteiger partial charge in [-0.3, -0.25) is 0 Å². The first-order chi connectivity index (χ1) is 27.8. The minimum atomic E-state index is -2.23. The Morgan fingerprint density at radius 3 is 1.64 bits per heavy atom. The lowest BCUT2D eigenvalue weighted by molar-refractivity contribution is -0.207. The molecule has 1 saturated heterocycles. The number of allylic oxidation sites excluding steroid dienone is 1. The van der Waals surface area contributed by atoms with E-state index in [-0.39, 0.29) is 27.0 Å². The van der Waals surface area contributed by atoms with E-state index in [1.54, 1.807) is 103 Å². The minimum Gasteiger partial charge on any atom is -0.598 e. The Kier molecular flexibility index (Phi) is 17.2. The van der Waals surface area contributed by atoms with Crippen molar-refractivity contribution in [1.29, 1.82) is 0 Å². The molecule has 0 radical (unpaired) electrons. The summed E-state index contributed by atoms with van der Waals surface area (Å²) in [6.45, 7) is 26.6. The van der Waals surface area contributed by atoms with Gasteiger partial charge in [0, 0.05) is 23.2 Å². The summed E-state index contributed by atoms with van der Waals surface area (Å²) >= 11 is -0.282. The van der Waals surface area contributed by atoms with Gasteiger partial charge in [-0.05, 0) is 87.6 Å². The molecule has 0 saturated carbocycles. The zero-order chi connectivity index (χ0) is 43.5. The monoisotopic (exact) mass is 863 g/mol. The van der Waals surface area contributed by atoms with Crippen LogP contribution in [0.1, 0.15) is 86.0 Å². The van der Waals surface area contributed by atoms with E-state index < -0.39 is 84.1 Å². The molecule has 1 aliphatic rings. The summed E-state index contributed by atoms with van der Waals surface area (Å²) in [5.74, 6) is -2.57. The van der Waals surface area contributed by atoms with Gasteiger partial charge >= 0.3 is 17.9 Å². The Labute approximate surface area is 359 Å². The van der Waals surface area contributed by atoms with Crippen LogP contribution in [-0.2, 0) is 34.7 Å². The number of benzene rings is 3. The number of carbonyl (C=O) groups is 3. The molecule has 10 nitrogen and oxygen atoms in total. The van der Waals surface area contributed by atoms with Crippen molar-refractivity contribution in [3.8, 4) is 0 Å². The van der Waals surface area contributed by atoms with Gasteiger partial charge in [0.15, 0.2) is 26.6 Å². The van der Waals surface area contributed by atoms with Gasteiger partial charge in [0.25, 0.3) is 0 Å². The zero-order valence-electron chi connectivity index (χ0n) is 35.8. The molecule has 59 heavy (non-hydrogen) atoms. The van der Waals surface area contributed by atoms with Crippen molar-refractivity contribution >= 4 is 49.3 Å². The maximum Gasteiger partial charge on any atom is 0.338 e. The maximum absolute atomic E-state index is 14.2. The van der Waals surface area contributed by atoms with Crippen molar-refractivity contribution in [2.75, 3.05) is 6.61 Å². The van der Waals surface area contributed by atoms with Gasteiger partial charge in [-0.2, -0.15) is 0 Å². The highest BCUT2D eigenvalue weighted by Crippen LogP contribution is 2.42. The molecule has 1 heterocycles. The Morgan fingerprint density at radius 2 is 1.24 bits per heavy atom. The Balaban J connectivity index is 1.94. The van der Waals surface area contributed by atoms with E-state index in [0.717, 1.165) is 0 Å². The molecule has 0 aliphatic carbocycles. The maximum atomic E-state index is 14.2. The molecule has 4 unspecified atom stereocenters. The molecular formula is C46H61NO9S2Si. The van der Waals surface area contributed by atoms with Gasteiger partial charge < -0.3 is 27.9 Å². The van der Waals surface area contributed by atoms with Crippen LogP contribution in [0.2, 0.25) is 18.1 Å². The predicted octanol–water partition coefficient (Wildman–Crippen LogP) is 9.33. The Morgan fingerprint density at radius 1 is 0.797 bits per heavy atom. The molecule has 0 bridgehead atoms. The topological polar surface area (TPSA) is 132 Å². The van der Waals surface area contributed by atoms with Gasteiger partial charge in [0.05, 0.1) is 22.7 Å². The average Bonchev–Trinajstić information content (AvgIpc) is 3.20. The van der Waals surface area contributed by atoms with Crippen LogP contribution < -0.4 is 4.72 Å². The predicted molar refractivity (Wildman–Crippen MR) is 239 cm³/mol. The number of ether oxygens (including phenoxy) is 4. The van der Waals surface area contributed by atoms with E-state index >= 15 is 0 Å². The fraction of sp³-hybridized carbons (Fsp3) is 0.457. The first-order valence-corrected chi connectivity index (χ1v) is 24.9. The minimum absolute atomic E-state index is 0.0639. The van der Waals surface area contributed by atoms with Crippen molar-refractivity contribution in [3.05, 3.63) is 133 Å². The molecule has 3 aromatic rings. The first kappa shape index (κ1) is 48.0. The quantitative estimate of drug-likeness (QED) is 0.0432. The van der Waals surface area contributed by atoms with E-state index in [1.807, 2.05) is 27.7 Å². The molecule has 0 amide bonds. The highest BCUT2D eigenvalue weighted by molar-refractivity contribution is 8.00. The van der Waals surface area contributed by atoms with E-state index in [0.29, 0.717) is 13.0 Å². The van der Waals surface area contributed by atoms with Gasteiger partial charge in [-0.15, -0.1) is 29.6 Å². The average molecular weight is 864 g/mol. The molecule has 1 aliphatic heterocycles. The summed E-state index contributed by atoms with van der Waals surface area (Å²) < 4.78 is 49.4. The summed E-state index contributed by atoms with van der Waals surface area (Å²) in [6.07, 6.45) is -1.26. The third-order valence-corrected chi connectivity index (χ3v) is 18.0. The number of carbonyl (C=O) groups excluding carboxylic acids is 3. The fourth-order valence-electron chi connectivity index (χ4n) is 5.90. The van der Waals surface area contributed by atoms with Crippen molar-refractivity contribution < 1.29 is 42.3 Å². The summed E-state index contributed by atoms with van der Waals surface area (Å²) in [4.78, 5) is 42.4. The molecular weight excluding hydrogens is 803 g/mol. The van der Waals surface area contributed by atoms with Gasteiger partial charge in [0.2, 0.25) is 0 Å². The van der Waals surface area contributed by atoms with E-state index in [1.165, 1.54) is 11.8 Å². The summed E-state index contributed by atoms with van der Waals surface area (Å²) in [5.41, 5.74) is -0.294. The molecule has 0 spiro atoms. The number of thioether (sulfide) groups is 1. The van der Waals surface area contributed by atoms with Crippen molar-refractivity contribution in [2.24, 2.45) is 5.92 Å². The SMILES string of the molecule is C=CCC(CO[Si](C)(C)C(C)(C)C)S[C@H]1O[C@H](C(N[S+]([O-])C(C)(C)C)C(C)C=C)[C@H](OC(=O)c2ccccc2)[C@H](OC(=O)c2ccccc2)[C@H]1OC(=O)c1ccccc1. The molecule has 4 rings (SSSR count). The number of esters is 3. The van der Waals surface area contributed by atoms with Crippen LogP contribution in [0.15, 0.2) is 116 Å². The van der Waals surface area contributed by atoms with Crippen LogP contribution in [0.5, 0.6) is 0 Å². The highest BCUT2D eigenvalue weighted by Gasteiger charge is 2.57. The molecule has 0 aromatic heterocycles. The van der Waals surface area contributed by atoms with Crippen LogP contribution >= 0.6 is 11.8 Å². The van der Waals surface area contributed by atoms with Crippen molar-refractivity contribution in [3.63, 3.8) is 0 Å². The van der Waals surface area contributed by atoms with Gasteiger partial charge in [-0.1, -0.05) is 94.4 Å². The number of rotatable bonds is 18. The third-order valence-electron chi connectivity index (χ3n) is 10.6. The van der Waals surface area contributed by atoms with Crippen LogP contribution in [0.3, 0.4) is 0 Å². The number of nitrogens with one attached hydrogen (secondary N) is 1. The van der Waals surface area contributed by atoms with Crippen molar-refractivity contribution in [1.82, 2.24) is 4.72 Å². The van der Waals surface area contributed by atoms with Crippen LogP contribution in [0.4, 0.5) is 0 Å². The molecule has 1 N–H and O–H groups in total. The normalized spacial score (nSPS) is 21.9. The van der Waals surface area contributed by atoms with Gasteiger partial charge in [0.1, 0.15) is 16.3 Å². The van der Waals surface area contributed by atoms with E-state index in [4.69, 9.17) is 23.4 Å². The van der Waals surface area contributed by atoms with Crippen molar-refractivity contribution in [2.45, 2.75) is 119 Å².